The van der Waals surface area contributed by atoms with Crippen molar-refractivity contribution in [1.29, 1.82) is 0 Å². The molecule has 3 fully saturated rings. The standard InChI is InChI=1S/C53H58N10O7/c1-31-26-53(15-5-19-59(20-16-53)35-10-11-37-38(25-35)49(68)63(48(37)67)41-12-13-44(65)57-47(41)66)17-21-60(31)34-8-6-33(7-9-34)55-45-51(70)58(4)29-40(56-45)36-14-18-54-46(39(36)30-64)62-23-22-61-42(50(62)69)24-32-27-52(2,3)28-43(32)61/h6-11,14,18,24-25,29,31,41,64H,5,12-13,15-17,19-23,26-28,30H2,1-4H3,(H,55,56)(H,57,65,66)/t31-,41?,53-/m0/s1. The Morgan fingerprint density at radius 2 is 1.60 bits per heavy atom. The molecule has 5 aromatic rings. The fourth-order valence-electron chi connectivity index (χ4n) is 12.3. The number of pyridine rings is 1. The Morgan fingerprint density at radius 1 is 0.829 bits per heavy atom. The lowest BCUT2D eigenvalue weighted by Crippen LogP contribution is -2.54. The SMILES string of the molecule is C[C@H]1C[C@]2(CCCN(c3ccc4c(c3)C(=O)N(C3CCC(=O)NC3=O)C4=O)CC2)CCN1c1ccc(Nc2nc(-c3ccnc(N4CCn5c(cc6c5CC(C)(C)C6)C4=O)c3CO)cn(C)c2=O)cc1. The van der Waals surface area contributed by atoms with Gasteiger partial charge in [-0.2, -0.15) is 0 Å². The van der Waals surface area contributed by atoms with Gasteiger partial charge in [-0.3, -0.25) is 43.9 Å². The smallest absolute Gasteiger partial charge is 0.293 e. The van der Waals surface area contributed by atoms with Crippen molar-refractivity contribution in [2.45, 2.75) is 104 Å². The topological polar surface area (TPSA) is 195 Å². The lowest BCUT2D eigenvalue weighted by molar-refractivity contribution is -0.136. The van der Waals surface area contributed by atoms with Crippen molar-refractivity contribution in [3.63, 3.8) is 0 Å². The van der Waals surface area contributed by atoms with Crippen LogP contribution in [0.25, 0.3) is 11.3 Å². The molecule has 2 aromatic carbocycles. The number of aliphatic hydroxyl groups is 1. The molecule has 17 nitrogen and oxygen atoms in total. The van der Waals surface area contributed by atoms with Crippen molar-refractivity contribution in [1.82, 2.24) is 29.3 Å². The van der Waals surface area contributed by atoms with Gasteiger partial charge in [-0.25, -0.2) is 9.97 Å². The highest BCUT2D eigenvalue weighted by molar-refractivity contribution is 6.23. The number of hydrogen-bond donors (Lipinski definition) is 3. The predicted octanol–water partition coefficient (Wildman–Crippen LogP) is 5.73. The number of nitrogens with zero attached hydrogens (tertiary/aromatic N) is 8. The van der Waals surface area contributed by atoms with Crippen LogP contribution in [0.5, 0.6) is 0 Å². The van der Waals surface area contributed by atoms with Crippen molar-refractivity contribution < 1.29 is 29.1 Å². The summed E-state index contributed by atoms with van der Waals surface area (Å²) in [6, 6.07) is 16.5. The monoisotopic (exact) mass is 946 g/mol. The van der Waals surface area contributed by atoms with Crippen LogP contribution < -0.4 is 30.9 Å². The van der Waals surface area contributed by atoms with Gasteiger partial charge in [0.25, 0.3) is 23.3 Å². The molecule has 0 bridgehead atoms. The van der Waals surface area contributed by atoms with Gasteiger partial charge in [0, 0.05) is 98.5 Å². The molecule has 5 amide bonds. The first-order valence-electron chi connectivity index (χ1n) is 24.6. The van der Waals surface area contributed by atoms with Crippen LogP contribution in [0.15, 0.2) is 71.8 Å². The Balaban J connectivity index is 0.745. The second-order valence-electron chi connectivity index (χ2n) is 21.0. The molecule has 1 spiro atoms. The van der Waals surface area contributed by atoms with Gasteiger partial charge in [0.2, 0.25) is 11.8 Å². The Bertz CT molecular complexity index is 3090. The Labute approximate surface area is 405 Å². The minimum absolute atomic E-state index is 0.0783. The number of aliphatic hydroxyl groups excluding tert-OH is 1. The minimum Gasteiger partial charge on any atom is -0.392 e. The third-order valence-electron chi connectivity index (χ3n) is 15.9. The fourth-order valence-corrected chi connectivity index (χ4v) is 12.3. The Kier molecular flexibility index (Phi) is 11.0. The van der Waals surface area contributed by atoms with Gasteiger partial charge >= 0.3 is 0 Å². The van der Waals surface area contributed by atoms with Gasteiger partial charge in [-0.05, 0) is 129 Å². The average Bonchev–Trinajstić information content (AvgIpc) is 3.85. The van der Waals surface area contributed by atoms with Crippen molar-refractivity contribution in [2.24, 2.45) is 17.9 Å². The predicted molar refractivity (Wildman–Crippen MR) is 263 cm³/mol. The van der Waals surface area contributed by atoms with Crippen LogP contribution in [0, 0.1) is 10.8 Å². The van der Waals surface area contributed by atoms with Gasteiger partial charge in [-0.1, -0.05) is 13.8 Å². The van der Waals surface area contributed by atoms with Crippen molar-refractivity contribution in [3.05, 3.63) is 111 Å². The molecule has 6 aliphatic rings. The van der Waals surface area contributed by atoms with Crippen LogP contribution in [-0.4, -0.2) is 96.9 Å². The zero-order chi connectivity index (χ0) is 48.8. The number of amides is 5. The van der Waals surface area contributed by atoms with Gasteiger partial charge in [0.05, 0.1) is 23.4 Å². The van der Waals surface area contributed by atoms with E-state index < -0.39 is 29.7 Å². The first kappa shape index (κ1) is 45.3. The van der Waals surface area contributed by atoms with Gasteiger partial charge in [0.15, 0.2) is 5.82 Å². The molecule has 70 heavy (non-hydrogen) atoms. The molecule has 3 N–H and O–H groups in total. The van der Waals surface area contributed by atoms with E-state index in [2.05, 4.69) is 62.9 Å². The summed E-state index contributed by atoms with van der Waals surface area (Å²) in [5, 5.41) is 16.3. The van der Waals surface area contributed by atoms with Crippen LogP contribution in [0.1, 0.15) is 114 Å². The molecule has 0 saturated carbocycles. The number of imide groups is 2. The summed E-state index contributed by atoms with van der Waals surface area (Å²) < 4.78 is 3.62. The highest BCUT2D eigenvalue weighted by Gasteiger charge is 2.46. The highest BCUT2D eigenvalue weighted by atomic mass is 16.3. The van der Waals surface area contributed by atoms with E-state index in [0.29, 0.717) is 52.7 Å². The number of carbonyl (C=O) groups is 5. The molecule has 0 radical (unpaired) electrons. The number of fused-ring (bicyclic) bond motifs is 4. The summed E-state index contributed by atoms with van der Waals surface area (Å²) in [7, 11) is 1.67. The van der Waals surface area contributed by atoms with Crippen molar-refractivity contribution in [3.8, 4) is 11.3 Å². The molecule has 3 aromatic heterocycles. The van der Waals surface area contributed by atoms with E-state index in [-0.39, 0.29) is 59.2 Å². The Morgan fingerprint density at radius 3 is 2.37 bits per heavy atom. The maximum absolute atomic E-state index is 14.0. The molecular formula is C53H58N10O7. The first-order valence-corrected chi connectivity index (χ1v) is 24.6. The second-order valence-corrected chi connectivity index (χ2v) is 21.0. The van der Waals surface area contributed by atoms with E-state index in [1.54, 1.807) is 42.5 Å². The summed E-state index contributed by atoms with van der Waals surface area (Å²) in [5.74, 6) is -1.65. The third kappa shape index (κ3) is 7.74. The lowest BCUT2D eigenvalue weighted by Gasteiger charge is -2.46. The zero-order valence-corrected chi connectivity index (χ0v) is 40.1. The van der Waals surface area contributed by atoms with Crippen LogP contribution in [0.4, 0.5) is 28.7 Å². The molecule has 3 atom stereocenters. The molecule has 8 heterocycles. The summed E-state index contributed by atoms with van der Waals surface area (Å²) in [6.45, 7) is 10.00. The van der Waals surface area contributed by atoms with Gasteiger partial charge in [-0.15, -0.1) is 0 Å². The zero-order valence-electron chi connectivity index (χ0n) is 40.1. The number of piperidine rings is 2. The minimum atomic E-state index is -0.995. The molecule has 3 saturated heterocycles. The van der Waals surface area contributed by atoms with E-state index in [9.17, 15) is 33.9 Å². The number of aromatic nitrogens is 4. The van der Waals surface area contributed by atoms with E-state index in [1.165, 1.54) is 15.8 Å². The number of anilines is 5. The number of rotatable bonds is 8. The van der Waals surface area contributed by atoms with Crippen LogP contribution >= 0.6 is 0 Å². The fraction of sp³-hybridized carbons (Fsp3) is 0.434. The molecule has 17 heteroatoms. The number of aryl methyl sites for hydroxylation is 1. The van der Waals surface area contributed by atoms with Gasteiger partial charge < -0.3 is 29.4 Å². The maximum atomic E-state index is 14.0. The van der Waals surface area contributed by atoms with E-state index in [0.717, 1.165) is 80.9 Å². The molecule has 11 rings (SSSR count). The molecule has 362 valence electrons. The van der Waals surface area contributed by atoms with E-state index in [1.807, 2.05) is 24.3 Å². The van der Waals surface area contributed by atoms with Crippen LogP contribution in [0.2, 0.25) is 0 Å². The summed E-state index contributed by atoms with van der Waals surface area (Å²) >= 11 is 0. The summed E-state index contributed by atoms with van der Waals surface area (Å²) in [6.07, 6.45) is 10.4. The van der Waals surface area contributed by atoms with E-state index in [4.69, 9.17) is 4.98 Å². The quantitative estimate of drug-likeness (QED) is 0.160. The van der Waals surface area contributed by atoms with Crippen molar-refractivity contribution >= 4 is 58.2 Å². The summed E-state index contributed by atoms with van der Waals surface area (Å²) in [4.78, 5) is 95.6. The number of benzene rings is 2. The molecule has 5 aliphatic heterocycles. The lowest BCUT2D eigenvalue weighted by atomic mass is 9.70. The Hall–Kier alpha value is -7.14. The van der Waals surface area contributed by atoms with Gasteiger partial charge in [0.1, 0.15) is 17.6 Å². The summed E-state index contributed by atoms with van der Waals surface area (Å²) in [5.41, 5.74) is 7.88. The van der Waals surface area contributed by atoms with Crippen molar-refractivity contribution in [2.75, 3.05) is 46.2 Å². The third-order valence-corrected chi connectivity index (χ3v) is 15.9. The highest BCUT2D eigenvalue weighted by Crippen LogP contribution is 2.46. The normalized spacial score (nSPS) is 23.1. The van der Waals surface area contributed by atoms with Crippen LogP contribution in [-0.2, 0) is 42.6 Å². The van der Waals surface area contributed by atoms with Crippen LogP contribution in [0.3, 0.4) is 0 Å². The second kappa shape index (κ2) is 17.1. The molecule has 1 aliphatic carbocycles. The first-order chi connectivity index (χ1) is 33.6. The maximum Gasteiger partial charge on any atom is 0.293 e. The largest absolute Gasteiger partial charge is 0.392 e. The average molecular weight is 947 g/mol. The number of nitrogens with one attached hydrogen (secondary N) is 2. The molecule has 1 unspecified atom stereocenters. The number of hydrogen-bond acceptors (Lipinski definition) is 12. The van der Waals surface area contributed by atoms with E-state index >= 15 is 0 Å². The number of carbonyl (C=O) groups excluding carboxylic acids is 5. The molecular weight excluding hydrogens is 889 g/mol.